The molecule has 2 aromatic carbocycles. The molecule has 0 radical (unpaired) electrons. The third-order valence-electron chi connectivity index (χ3n) is 4.10. The van der Waals surface area contributed by atoms with Crippen LogP contribution in [0.3, 0.4) is 0 Å². The van der Waals surface area contributed by atoms with Gasteiger partial charge in [-0.25, -0.2) is 13.6 Å². The fourth-order valence-electron chi connectivity index (χ4n) is 2.53. The second kappa shape index (κ2) is 9.51. The Hall–Kier alpha value is -2.21. The summed E-state index contributed by atoms with van der Waals surface area (Å²) in [7, 11) is -3.76. The first-order chi connectivity index (χ1) is 14.6. The molecule has 3 rings (SSSR count). The zero-order valence-electron chi connectivity index (χ0n) is 15.9. The average molecular weight is 515 g/mol. The average Bonchev–Trinajstić information content (AvgIpc) is 3.09. The molecule has 3 aromatic rings. The molecule has 0 saturated carbocycles. The molecule has 0 amide bonds. The Morgan fingerprint density at radius 3 is 2.45 bits per heavy atom. The van der Waals surface area contributed by atoms with Gasteiger partial charge in [-0.05, 0) is 61.1 Å². The topological polar surface area (TPSA) is 117 Å². The number of benzene rings is 2. The van der Waals surface area contributed by atoms with Crippen LogP contribution in [0.5, 0.6) is 5.75 Å². The first kappa shape index (κ1) is 23.5. The fraction of sp³-hybridized carbons (Fsp3) is 0.0526. The van der Waals surface area contributed by atoms with Crippen LogP contribution in [0.1, 0.15) is 12.5 Å². The molecule has 0 spiro atoms. The van der Waals surface area contributed by atoms with E-state index in [0.29, 0.717) is 31.9 Å². The minimum atomic E-state index is -3.76. The number of anilines is 1. The first-order valence-corrected chi connectivity index (χ1v) is 12.2. The van der Waals surface area contributed by atoms with Crippen molar-refractivity contribution in [1.82, 2.24) is 5.43 Å². The lowest BCUT2D eigenvalue weighted by atomic mass is 10.1. The lowest BCUT2D eigenvalue weighted by Crippen LogP contribution is -2.25. The molecule has 31 heavy (non-hydrogen) atoms. The number of sulfonamides is 1. The Labute approximate surface area is 198 Å². The molecule has 12 heteroatoms. The molecule has 0 bridgehead atoms. The maximum Gasteiger partial charge on any atom is 0.238 e. The normalized spacial score (nSPS) is 11.9. The Morgan fingerprint density at radius 2 is 1.84 bits per heavy atom. The van der Waals surface area contributed by atoms with Crippen molar-refractivity contribution in [1.29, 1.82) is 0 Å². The highest BCUT2D eigenvalue weighted by atomic mass is 35.5. The van der Waals surface area contributed by atoms with Crippen LogP contribution in [0, 0.1) is 0 Å². The summed E-state index contributed by atoms with van der Waals surface area (Å²) >= 11 is 18.6. The van der Waals surface area contributed by atoms with E-state index in [1.165, 1.54) is 35.6 Å². The second-order valence-corrected chi connectivity index (χ2v) is 9.95. The Morgan fingerprint density at radius 1 is 1.16 bits per heavy atom. The Balaban J connectivity index is 1.69. The number of hydrogen-bond acceptors (Lipinski definition) is 6. The van der Waals surface area contributed by atoms with Gasteiger partial charge in [0.25, 0.3) is 0 Å². The molecule has 7 nitrogen and oxygen atoms in total. The molecule has 5 N–H and O–H groups in total. The number of thiophene rings is 1. The minimum Gasteiger partial charge on any atom is -0.506 e. The predicted octanol–water partition coefficient (Wildman–Crippen LogP) is 4.79. The molecular weight excluding hydrogens is 499 g/mol. The second-order valence-electron chi connectivity index (χ2n) is 6.29. The number of halogens is 2. The molecule has 1 heterocycles. The maximum absolute atomic E-state index is 11.3. The van der Waals surface area contributed by atoms with E-state index in [9.17, 15) is 13.5 Å². The van der Waals surface area contributed by atoms with Gasteiger partial charge in [0.1, 0.15) is 5.75 Å². The third-order valence-corrected chi connectivity index (χ3v) is 6.98. The van der Waals surface area contributed by atoms with Gasteiger partial charge in [-0.3, -0.25) is 5.43 Å². The van der Waals surface area contributed by atoms with Crippen LogP contribution in [0.4, 0.5) is 5.69 Å². The van der Waals surface area contributed by atoms with Crippen LogP contribution < -0.4 is 15.9 Å². The van der Waals surface area contributed by atoms with E-state index in [0.717, 1.165) is 5.56 Å². The zero-order valence-corrected chi connectivity index (χ0v) is 19.8. The number of nitrogens with two attached hydrogens (primary N) is 1. The van der Waals surface area contributed by atoms with Crippen LogP contribution in [-0.4, -0.2) is 24.3 Å². The SMILES string of the molecule is C/C(=N\NC(=S)Nc1ccc(S(N)(=O)=O)cc1)c1csc(-c2ccc(Cl)c(Cl)c2)c1O. The van der Waals surface area contributed by atoms with Gasteiger partial charge in [-0.1, -0.05) is 29.3 Å². The molecule has 0 atom stereocenters. The number of aromatic hydroxyl groups is 1. The summed E-state index contributed by atoms with van der Waals surface area (Å²) in [5.41, 5.74) is 5.03. The summed E-state index contributed by atoms with van der Waals surface area (Å²) in [5.74, 6) is 0.0731. The van der Waals surface area contributed by atoms with Crippen LogP contribution >= 0.6 is 46.8 Å². The van der Waals surface area contributed by atoms with E-state index in [2.05, 4.69) is 15.8 Å². The van der Waals surface area contributed by atoms with Crippen molar-refractivity contribution in [3.8, 4) is 16.2 Å². The minimum absolute atomic E-state index is 0.00324. The van der Waals surface area contributed by atoms with E-state index in [1.54, 1.807) is 30.5 Å². The molecule has 162 valence electrons. The number of nitrogens with zero attached hydrogens (tertiary/aromatic N) is 1. The van der Waals surface area contributed by atoms with E-state index >= 15 is 0 Å². The standard InChI is InChI=1S/C19H16Cl2N4O3S3/c1-10(14-9-30-18(17(14)26)11-2-7-15(20)16(21)8-11)24-25-19(29)23-12-3-5-13(6-4-12)31(22,27)28/h2-9,26H,1H3,(H2,22,27,28)(H2,23,25,29)/b24-10+. The molecule has 0 unspecified atom stereocenters. The van der Waals surface area contributed by atoms with Crippen molar-refractivity contribution >= 4 is 73.3 Å². The Bertz CT molecular complexity index is 1270. The molecule has 0 aliphatic rings. The summed E-state index contributed by atoms with van der Waals surface area (Å²) in [5, 5.41) is 25.6. The van der Waals surface area contributed by atoms with Gasteiger partial charge in [0, 0.05) is 11.1 Å². The van der Waals surface area contributed by atoms with Crippen LogP contribution in [0.25, 0.3) is 10.4 Å². The van der Waals surface area contributed by atoms with Crippen molar-refractivity contribution in [3.05, 3.63) is 63.5 Å². The van der Waals surface area contributed by atoms with Crippen LogP contribution in [-0.2, 0) is 10.0 Å². The van der Waals surface area contributed by atoms with Crippen molar-refractivity contribution in [2.45, 2.75) is 11.8 Å². The molecule has 0 aliphatic carbocycles. The third kappa shape index (κ3) is 5.73. The summed E-state index contributed by atoms with van der Waals surface area (Å²) in [4.78, 5) is 0.635. The molecule has 0 saturated heterocycles. The van der Waals surface area contributed by atoms with Crippen molar-refractivity contribution in [2.24, 2.45) is 10.2 Å². The number of thiocarbonyl (C=S) groups is 1. The van der Waals surface area contributed by atoms with Crippen molar-refractivity contribution in [2.75, 3.05) is 5.32 Å². The summed E-state index contributed by atoms with van der Waals surface area (Å²) in [6.07, 6.45) is 0. The van der Waals surface area contributed by atoms with Gasteiger partial charge in [0.2, 0.25) is 10.0 Å². The van der Waals surface area contributed by atoms with Gasteiger partial charge < -0.3 is 10.4 Å². The highest BCUT2D eigenvalue weighted by Crippen LogP contribution is 2.40. The zero-order chi connectivity index (χ0) is 22.8. The van der Waals surface area contributed by atoms with Crippen LogP contribution in [0.2, 0.25) is 10.0 Å². The highest BCUT2D eigenvalue weighted by Gasteiger charge is 2.16. The Kier molecular flexibility index (Phi) is 7.20. The van der Waals surface area contributed by atoms with E-state index in [-0.39, 0.29) is 15.8 Å². The molecule has 0 aliphatic heterocycles. The molecular formula is C19H16Cl2N4O3S3. The lowest BCUT2D eigenvalue weighted by Gasteiger charge is -2.08. The lowest BCUT2D eigenvalue weighted by molar-refractivity contribution is 0.478. The quantitative estimate of drug-likeness (QED) is 0.221. The number of nitrogens with one attached hydrogen (secondary N) is 2. The van der Waals surface area contributed by atoms with Gasteiger partial charge in [0.05, 0.1) is 31.1 Å². The molecule has 1 aromatic heterocycles. The summed E-state index contributed by atoms with van der Waals surface area (Å²) in [6.45, 7) is 1.72. The maximum atomic E-state index is 11.3. The van der Waals surface area contributed by atoms with Crippen LogP contribution in [0.15, 0.2) is 57.8 Å². The summed E-state index contributed by atoms with van der Waals surface area (Å²) < 4.78 is 22.6. The van der Waals surface area contributed by atoms with Crippen molar-refractivity contribution < 1.29 is 13.5 Å². The van der Waals surface area contributed by atoms with Gasteiger partial charge in [0.15, 0.2) is 5.11 Å². The monoisotopic (exact) mass is 514 g/mol. The summed E-state index contributed by atoms with van der Waals surface area (Å²) in [6, 6.07) is 10.9. The van der Waals surface area contributed by atoms with E-state index < -0.39 is 10.0 Å². The number of hydrazone groups is 1. The van der Waals surface area contributed by atoms with E-state index in [1.807, 2.05) is 0 Å². The largest absolute Gasteiger partial charge is 0.506 e. The van der Waals surface area contributed by atoms with E-state index in [4.69, 9.17) is 40.6 Å². The number of primary sulfonamides is 1. The van der Waals surface area contributed by atoms with Gasteiger partial charge in [-0.15, -0.1) is 11.3 Å². The predicted molar refractivity (Wildman–Crippen MR) is 131 cm³/mol. The van der Waals surface area contributed by atoms with Crippen molar-refractivity contribution in [3.63, 3.8) is 0 Å². The van der Waals surface area contributed by atoms with Gasteiger partial charge >= 0.3 is 0 Å². The number of hydrogen-bond donors (Lipinski definition) is 4. The molecule has 0 fully saturated rings. The smallest absolute Gasteiger partial charge is 0.238 e. The number of rotatable bonds is 5. The first-order valence-electron chi connectivity index (χ1n) is 8.56. The van der Waals surface area contributed by atoms with Gasteiger partial charge in [-0.2, -0.15) is 5.10 Å². The highest BCUT2D eigenvalue weighted by molar-refractivity contribution is 7.89. The fourth-order valence-corrected chi connectivity index (χ4v) is 4.51.